The molecule has 2 nitrogen and oxygen atoms in total. The number of thiophene rings is 1. The standard InChI is InChI=1S/C31H18N2S2/c1-2-8-19(9-3-1)20-14-27(31-30(15-20)34-18-32-31)33-25-12-6-4-10-21(25)23-17-29-24(16-26(23)33)22-11-5-7-13-28(22)35-29/h1-18H. The Kier molecular flexibility index (Phi) is 4.01. The molecule has 0 saturated carbocycles. The van der Waals surface area contributed by atoms with Crippen LogP contribution in [0.2, 0.25) is 0 Å². The van der Waals surface area contributed by atoms with Gasteiger partial charge in [0.2, 0.25) is 0 Å². The van der Waals surface area contributed by atoms with Crippen LogP contribution in [-0.4, -0.2) is 9.55 Å². The molecule has 0 saturated heterocycles. The van der Waals surface area contributed by atoms with Crippen molar-refractivity contribution < 1.29 is 0 Å². The summed E-state index contributed by atoms with van der Waals surface area (Å²) in [6.07, 6.45) is 0. The summed E-state index contributed by atoms with van der Waals surface area (Å²) in [7, 11) is 0. The van der Waals surface area contributed by atoms with Crippen molar-refractivity contribution in [1.29, 1.82) is 0 Å². The fourth-order valence-electron chi connectivity index (χ4n) is 5.36. The van der Waals surface area contributed by atoms with Gasteiger partial charge < -0.3 is 4.57 Å². The molecule has 0 N–H and O–H groups in total. The van der Waals surface area contributed by atoms with E-state index in [1.54, 1.807) is 11.3 Å². The molecule has 3 heterocycles. The molecule has 8 rings (SSSR count). The Labute approximate surface area is 209 Å². The highest BCUT2D eigenvalue weighted by molar-refractivity contribution is 7.25. The second-order valence-corrected chi connectivity index (χ2v) is 10.8. The Bertz CT molecular complexity index is 2060. The molecule has 0 unspecified atom stereocenters. The van der Waals surface area contributed by atoms with Gasteiger partial charge in [-0.15, -0.1) is 22.7 Å². The van der Waals surface area contributed by atoms with Gasteiger partial charge in [-0.3, -0.25) is 0 Å². The Morgan fingerprint density at radius 3 is 2.26 bits per heavy atom. The molecule has 3 aromatic heterocycles. The van der Waals surface area contributed by atoms with Crippen molar-refractivity contribution in [3.05, 3.63) is 109 Å². The van der Waals surface area contributed by atoms with Crippen LogP contribution in [0.25, 0.3) is 69.0 Å². The highest BCUT2D eigenvalue weighted by Crippen LogP contribution is 2.42. The first-order valence-corrected chi connectivity index (χ1v) is 13.3. The molecule has 0 aliphatic rings. The minimum Gasteiger partial charge on any atom is -0.307 e. The minimum absolute atomic E-state index is 1.05. The summed E-state index contributed by atoms with van der Waals surface area (Å²) in [4.78, 5) is 4.83. The van der Waals surface area contributed by atoms with E-state index in [4.69, 9.17) is 4.98 Å². The quantitative estimate of drug-likeness (QED) is 0.240. The molecule has 0 bridgehead atoms. The van der Waals surface area contributed by atoms with Crippen LogP contribution in [0.1, 0.15) is 0 Å². The zero-order chi connectivity index (χ0) is 22.9. The molecule has 8 aromatic rings. The van der Waals surface area contributed by atoms with E-state index < -0.39 is 0 Å². The second-order valence-electron chi connectivity index (χ2n) is 8.88. The SMILES string of the molecule is c1ccc(-c2cc(-n3c4ccccc4c4cc5sc6ccccc6c5cc43)c3ncsc3c2)cc1. The van der Waals surface area contributed by atoms with Gasteiger partial charge in [-0.05, 0) is 47.5 Å². The van der Waals surface area contributed by atoms with Crippen molar-refractivity contribution in [1.82, 2.24) is 9.55 Å². The highest BCUT2D eigenvalue weighted by Gasteiger charge is 2.18. The maximum absolute atomic E-state index is 4.83. The fraction of sp³-hybridized carbons (Fsp3) is 0. The van der Waals surface area contributed by atoms with Crippen molar-refractivity contribution in [2.24, 2.45) is 0 Å². The van der Waals surface area contributed by atoms with Gasteiger partial charge in [-0.25, -0.2) is 4.98 Å². The summed E-state index contributed by atoms with van der Waals surface area (Å²) in [5.74, 6) is 0. The molecule has 35 heavy (non-hydrogen) atoms. The summed E-state index contributed by atoms with van der Waals surface area (Å²) in [6.45, 7) is 0. The number of benzene rings is 5. The van der Waals surface area contributed by atoms with E-state index in [1.165, 1.54) is 57.8 Å². The highest BCUT2D eigenvalue weighted by atomic mass is 32.1. The molecule has 0 radical (unpaired) electrons. The van der Waals surface area contributed by atoms with Gasteiger partial charge in [0.15, 0.2) is 0 Å². The lowest BCUT2D eigenvalue weighted by molar-refractivity contribution is 1.19. The third-order valence-corrected chi connectivity index (χ3v) is 8.84. The Morgan fingerprint density at radius 1 is 0.543 bits per heavy atom. The number of hydrogen-bond donors (Lipinski definition) is 0. The van der Waals surface area contributed by atoms with Crippen molar-refractivity contribution in [3.63, 3.8) is 0 Å². The maximum atomic E-state index is 4.83. The average molecular weight is 483 g/mol. The maximum Gasteiger partial charge on any atom is 0.105 e. The molecule has 5 aromatic carbocycles. The van der Waals surface area contributed by atoms with Gasteiger partial charge in [0.05, 0.1) is 26.9 Å². The zero-order valence-corrected chi connectivity index (χ0v) is 20.2. The number of thiazole rings is 1. The molecule has 0 aliphatic heterocycles. The van der Waals surface area contributed by atoms with Crippen LogP contribution in [-0.2, 0) is 0 Å². The molecule has 4 heteroatoms. The summed E-state index contributed by atoms with van der Waals surface area (Å²) < 4.78 is 6.29. The molecule has 0 fully saturated rings. The fourth-order valence-corrected chi connectivity index (χ4v) is 7.23. The number of fused-ring (bicyclic) bond motifs is 7. The third-order valence-electron chi connectivity index (χ3n) is 6.94. The lowest BCUT2D eigenvalue weighted by Gasteiger charge is -2.12. The lowest BCUT2D eigenvalue weighted by Crippen LogP contribution is -1.96. The van der Waals surface area contributed by atoms with E-state index in [9.17, 15) is 0 Å². The van der Waals surface area contributed by atoms with E-state index in [-0.39, 0.29) is 0 Å². The minimum atomic E-state index is 1.05. The summed E-state index contributed by atoms with van der Waals surface area (Å²) in [6, 6.07) is 37.4. The van der Waals surface area contributed by atoms with Crippen LogP contribution < -0.4 is 0 Å². The largest absolute Gasteiger partial charge is 0.307 e. The van der Waals surface area contributed by atoms with Crippen molar-refractivity contribution >= 4 is 74.9 Å². The van der Waals surface area contributed by atoms with Crippen LogP contribution >= 0.6 is 22.7 Å². The van der Waals surface area contributed by atoms with Crippen molar-refractivity contribution in [3.8, 4) is 16.8 Å². The number of para-hydroxylation sites is 1. The summed E-state index contributed by atoms with van der Waals surface area (Å²) >= 11 is 3.58. The zero-order valence-electron chi connectivity index (χ0n) is 18.6. The summed E-state index contributed by atoms with van der Waals surface area (Å²) in [5, 5.41) is 5.20. The normalized spacial score (nSPS) is 12.0. The van der Waals surface area contributed by atoms with E-state index in [0.717, 1.165) is 11.2 Å². The molecule has 0 amide bonds. The predicted octanol–water partition coefficient (Wildman–Crippen LogP) is 9.43. The van der Waals surface area contributed by atoms with Gasteiger partial charge in [0.25, 0.3) is 0 Å². The summed E-state index contributed by atoms with van der Waals surface area (Å²) in [5.41, 5.74) is 9.01. The Hall–Kier alpha value is -3.99. The van der Waals surface area contributed by atoms with E-state index in [1.807, 2.05) is 16.8 Å². The van der Waals surface area contributed by atoms with E-state index in [2.05, 4.69) is 108 Å². The van der Waals surface area contributed by atoms with Gasteiger partial charge >= 0.3 is 0 Å². The Balaban J connectivity index is 1.55. The molecular weight excluding hydrogens is 464 g/mol. The van der Waals surface area contributed by atoms with Crippen molar-refractivity contribution in [2.45, 2.75) is 0 Å². The first-order chi connectivity index (χ1) is 17.3. The molecular formula is C31H18N2S2. The number of nitrogens with zero attached hydrogens (tertiary/aromatic N) is 2. The monoisotopic (exact) mass is 482 g/mol. The molecule has 0 spiro atoms. The first-order valence-electron chi connectivity index (χ1n) is 11.6. The van der Waals surface area contributed by atoms with E-state index in [0.29, 0.717) is 0 Å². The topological polar surface area (TPSA) is 17.8 Å². The lowest BCUT2D eigenvalue weighted by atomic mass is 10.0. The number of rotatable bonds is 2. The molecule has 0 atom stereocenters. The van der Waals surface area contributed by atoms with Crippen LogP contribution in [0.15, 0.2) is 109 Å². The average Bonchev–Trinajstić information content (AvgIpc) is 3.61. The van der Waals surface area contributed by atoms with Crippen molar-refractivity contribution in [2.75, 3.05) is 0 Å². The number of aromatic nitrogens is 2. The Morgan fingerprint density at radius 2 is 1.34 bits per heavy atom. The van der Waals surface area contributed by atoms with Gasteiger partial charge in [-0.2, -0.15) is 0 Å². The smallest absolute Gasteiger partial charge is 0.105 e. The van der Waals surface area contributed by atoms with Gasteiger partial charge in [0, 0.05) is 30.9 Å². The van der Waals surface area contributed by atoms with Crippen LogP contribution in [0.3, 0.4) is 0 Å². The number of hydrogen-bond acceptors (Lipinski definition) is 3. The van der Waals surface area contributed by atoms with Gasteiger partial charge in [0.1, 0.15) is 5.52 Å². The van der Waals surface area contributed by atoms with Crippen LogP contribution in [0.5, 0.6) is 0 Å². The van der Waals surface area contributed by atoms with E-state index >= 15 is 0 Å². The molecule has 0 aliphatic carbocycles. The van der Waals surface area contributed by atoms with Gasteiger partial charge in [-0.1, -0.05) is 66.7 Å². The first kappa shape index (κ1) is 19.3. The third kappa shape index (κ3) is 2.78. The molecule has 164 valence electrons. The van der Waals surface area contributed by atoms with Crippen LogP contribution in [0.4, 0.5) is 0 Å². The van der Waals surface area contributed by atoms with Crippen LogP contribution in [0, 0.1) is 0 Å². The second kappa shape index (κ2) is 7.25. The predicted molar refractivity (Wildman–Crippen MR) is 152 cm³/mol.